The van der Waals surface area contributed by atoms with Gasteiger partial charge in [-0.25, -0.2) is 18.2 Å². The van der Waals surface area contributed by atoms with Crippen LogP contribution in [-0.4, -0.2) is 16.1 Å². The van der Waals surface area contributed by atoms with E-state index in [1.165, 1.54) is 6.07 Å². The number of pyridine rings is 1. The summed E-state index contributed by atoms with van der Waals surface area (Å²) < 4.78 is 37.9. The van der Waals surface area contributed by atoms with Crippen LogP contribution in [0.2, 0.25) is 0 Å². The molecule has 0 bridgehead atoms. The predicted molar refractivity (Wildman–Crippen MR) is 45.2 cm³/mol. The van der Waals surface area contributed by atoms with Crippen LogP contribution in [0.25, 0.3) is 0 Å². The highest BCUT2D eigenvalue weighted by atomic mass is 19.3. The predicted octanol–water partition coefficient (Wildman–Crippen LogP) is 1.66. The van der Waals surface area contributed by atoms with Gasteiger partial charge in [0.2, 0.25) is 0 Å². The fourth-order valence-electron chi connectivity index (χ4n) is 1.10. The maximum atomic E-state index is 13.3. The zero-order valence-corrected chi connectivity index (χ0v) is 7.75. The van der Waals surface area contributed by atoms with Gasteiger partial charge in [0.15, 0.2) is 5.82 Å². The van der Waals surface area contributed by atoms with E-state index in [9.17, 15) is 18.0 Å². The third kappa shape index (κ3) is 2.48. The molecule has 0 fully saturated rings. The van der Waals surface area contributed by atoms with E-state index in [-0.39, 0.29) is 0 Å². The Balaban J connectivity index is 3.32. The zero-order chi connectivity index (χ0) is 12.3. The van der Waals surface area contributed by atoms with E-state index in [1.807, 2.05) is 0 Å². The molecule has 1 aromatic rings. The smallest absolute Gasteiger partial charge is 0.307 e. The Morgan fingerprint density at radius 2 is 2.25 bits per heavy atom. The summed E-state index contributed by atoms with van der Waals surface area (Å²) in [6, 6.07) is 2.30. The molecule has 0 amide bonds. The summed E-state index contributed by atoms with van der Waals surface area (Å²) in [5, 5.41) is 16.9. The summed E-state index contributed by atoms with van der Waals surface area (Å²) in [5.74, 6) is -2.76. The number of aliphatic carboxylic acids is 1. The Bertz CT molecular complexity index is 469. The molecule has 4 nitrogen and oxygen atoms in total. The molecule has 1 rings (SSSR count). The quantitative estimate of drug-likeness (QED) is 0.856. The van der Waals surface area contributed by atoms with Crippen molar-refractivity contribution < 1.29 is 23.1 Å². The molecule has 84 valence electrons. The molecule has 0 aliphatic rings. The highest BCUT2D eigenvalue weighted by Gasteiger charge is 2.21. The number of carboxylic acid groups (broad SMARTS) is 1. The number of aromatic nitrogens is 1. The highest BCUT2D eigenvalue weighted by Crippen LogP contribution is 2.23. The molecule has 0 radical (unpaired) electrons. The standard InChI is InChI=1S/C9H5F3N2O2/c10-7-4(2-6(15)16)1-5(3-13)14-8(7)9(11)12/h1,9H,2H2,(H,15,16). The Morgan fingerprint density at radius 1 is 1.62 bits per heavy atom. The first-order valence-corrected chi connectivity index (χ1v) is 4.05. The Kier molecular flexibility index (Phi) is 3.45. The first-order chi connectivity index (χ1) is 7.45. The van der Waals surface area contributed by atoms with Crippen molar-refractivity contribution in [2.75, 3.05) is 0 Å². The number of carbonyl (C=O) groups is 1. The lowest BCUT2D eigenvalue weighted by Crippen LogP contribution is -2.08. The van der Waals surface area contributed by atoms with Gasteiger partial charge < -0.3 is 5.11 Å². The average Bonchev–Trinajstić information content (AvgIpc) is 2.19. The molecule has 0 saturated heterocycles. The van der Waals surface area contributed by atoms with Crippen LogP contribution in [0, 0.1) is 17.1 Å². The van der Waals surface area contributed by atoms with Gasteiger partial charge in [0, 0.05) is 5.56 Å². The van der Waals surface area contributed by atoms with Crippen LogP contribution in [0.15, 0.2) is 6.07 Å². The van der Waals surface area contributed by atoms with Crippen LogP contribution < -0.4 is 0 Å². The maximum absolute atomic E-state index is 13.3. The van der Waals surface area contributed by atoms with Gasteiger partial charge >= 0.3 is 5.97 Å². The Morgan fingerprint density at radius 3 is 2.69 bits per heavy atom. The summed E-state index contributed by atoms with van der Waals surface area (Å²) in [5.41, 5.74) is -2.11. The lowest BCUT2D eigenvalue weighted by molar-refractivity contribution is -0.136. The highest BCUT2D eigenvalue weighted by molar-refractivity contribution is 5.70. The number of alkyl halides is 2. The van der Waals surface area contributed by atoms with E-state index < -0.39 is 41.6 Å². The van der Waals surface area contributed by atoms with Crippen molar-refractivity contribution in [3.63, 3.8) is 0 Å². The minimum atomic E-state index is -3.19. The van der Waals surface area contributed by atoms with Gasteiger partial charge in [-0.2, -0.15) is 5.26 Å². The molecular weight excluding hydrogens is 225 g/mol. The number of nitriles is 1. The number of nitrogens with zero attached hydrogens (tertiary/aromatic N) is 2. The Labute approximate surface area is 88.0 Å². The molecular formula is C9H5F3N2O2. The first-order valence-electron chi connectivity index (χ1n) is 4.05. The second-order valence-corrected chi connectivity index (χ2v) is 2.85. The van der Waals surface area contributed by atoms with E-state index in [4.69, 9.17) is 10.4 Å². The number of hydrogen-bond donors (Lipinski definition) is 1. The van der Waals surface area contributed by atoms with Crippen molar-refractivity contribution in [1.82, 2.24) is 4.98 Å². The van der Waals surface area contributed by atoms with Crippen molar-refractivity contribution in [3.05, 3.63) is 28.8 Å². The van der Waals surface area contributed by atoms with Gasteiger partial charge in [-0.1, -0.05) is 0 Å². The second kappa shape index (κ2) is 4.61. The Hall–Kier alpha value is -2.10. The molecule has 1 heterocycles. The molecule has 0 aromatic carbocycles. The lowest BCUT2D eigenvalue weighted by Gasteiger charge is -2.05. The molecule has 0 aliphatic heterocycles. The van der Waals surface area contributed by atoms with Crippen molar-refractivity contribution in [1.29, 1.82) is 5.26 Å². The summed E-state index contributed by atoms with van der Waals surface area (Å²) in [6.07, 6.45) is -3.97. The number of halogens is 3. The van der Waals surface area contributed by atoms with E-state index in [1.54, 1.807) is 0 Å². The molecule has 1 N–H and O–H groups in total. The van der Waals surface area contributed by atoms with Gasteiger partial charge in [0.25, 0.3) is 6.43 Å². The topological polar surface area (TPSA) is 74.0 Å². The van der Waals surface area contributed by atoms with E-state index in [0.717, 1.165) is 6.07 Å². The van der Waals surface area contributed by atoms with Gasteiger partial charge in [-0.15, -0.1) is 0 Å². The van der Waals surface area contributed by atoms with Crippen molar-refractivity contribution >= 4 is 5.97 Å². The van der Waals surface area contributed by atoms with Gasteiger partial charge in [0.1, 0.15) is 17.5 Å². The van der Waals surface area contributed by atoms with Crippen LogP contribution in [0.5, 0.6) is 0 Å². The zero-order valence-electron chi connectivity index (χ0n) is 7.75. The second-order valence-electron chi connectivity index (χ2n) is 2.85. The van der Waals surface area contributed by atoms with E-state index in [0.29, 0.717) is 0 Å². The molecule has 7 heteroatoms. The molecule has 0 saturated carbocycles. The van der Waals surface area contributed by atoms with Crippen LogP contribution in [0.1, 0.15) is 23.4 Å². The molecule has 0 spiro atoms. The first kappa shape index (κ1) is 12.0. The summed E-state index contributed by atoms with van der Waals surface area (Å²) in [4.78, 5) is 13.4. The fraction of sp³-hybridized carbons (Fsp3) is 0.222. The van der Waals surface area contributed by atoms with Crippen molar-refractivity contribution in [3.8, 4) is 6.07 Å². The van der Waals surface area contributed by atoms with Gasteiger partial charge in [0.05, 0.1) is 6.42 Å². The molecule has 16 heavy (non-hydrogen) atoms. The van der Waals surface area contributed by atoms with Crippen molar-refractivity contribution in [2.24, 2.45) is 0 Å². The van der Waals surface area contributed by atoms with Crippen LogP contribution in [0.4, 0.5) is 13.2 Å². The normalized spacial score (nSPS) is 10.2. The third-order valence-corrected chi connectivity index (χ3v) is 1.72. The van der Waals surface area contributed by atoms with Crippen molar-refractivity contribution in [2.45, 2.75) is 12.8 Å². The largest absolute Gasteiger partial charge is 0.481 e. The monoisotopic (exact) mass is 230 g/mol. The number of rotatable bonds is 3. The fourth-order valence-corrected chi connectivity index (χ4v) is 1.10. The number of carboxylic acids is 1. The molecule has 0 atom stereocenters. The molecule has 1 aromatic heterocycles. The SMILES string of the molecule is N#Cc1cc(CC(=O)O)c(F)c(C(F)F)n1. The summed E-state index contributed by atoms with van der Waals surface area (Å²) >= 11 is 0. The summed E-state index contributed by atoms with van der Waals surface area (Å²) in [7, 11) is 0. The lowest BCUT2D eigenvalue weighted by atomic mass is 10.1. The van der Waals surface area contributed by atoms with Crippen LogP contribution in [0.3, 0.4) is 0 Å². The minimum absolute atomic E-state index is 0.437. The summed E-state index contributed by atoms with van der Waals surface area (Å²) in [6.45, 7) is 0. The van der Waals surface area contributed by atoms with E-state index >= 15 is 0 Å². The molecule has 0 unspecified atom stereocenters. The molecule has 0 aliphatic carbocycles. The minimum Gasteiger partial charge on any atom is -0.481 e. The average molecular weight is 230 g/mol. The van der Waals surface area contributed by atoms with Crippen LogP contribution >= 0.6 is 0 Å². The van der Waals surface area contributed by atoms with E-state index in [2.05, 4.69) is 4.98 Å². The number of hydrogen-bond acceptors (Lipinski definition) is 3. The third-order valence-electron chi connectivity index (χ3n) is 1.72. The van der Waals surface area contributed by atoms with Gasteiger partial charge in [-0.3, -0.25) is 4.79 Å². The van der Waals surface area contributed by atoms with Gasteiger partial charge in [-0.05, 0) is 6.07 Å². The maximum Gasteiger partial charge on any atom is 0.307 e. The van der Waals surface area contributed by atoms with Crippen LogP contribution in [-0.2, 0) is 11.2 Å².